The van der Waals surface area contributed by atoms with Crippen LogP contribution in [0.4, 0.5) is 0 Å². The van der Waals surface area contributed by atoms with Gasteiger partial charge < -0.3 is 9.64 Å². The van der Waals surface area contributed by atoms with Gasteiger partial charge in [-0.1, -0.05) is 6.07 Å². The molecule has 0 radical (unpaired) electrons. The van der Waals surface area contributed by atoms with Gasteiger partial charge in [0.15, 0.2) is 0 Å². The van der Waals surface area contributed by atoms with Crippen LogP contribution in [0.25, 0.3) is 11.3 Å². The molecule has 8 heteroatoms. The molecule has 1 atom stereocenters. The fourth-order valence-electron chi connectivity index (χ4n) is 3.86. The third-order valence-corrected chi connectivity index (χ3v) is 7.13. The summed E-state index contributed by atoms with van der Waals surface area (Å²) in [6.45, 7) is 2.97. The molecule has 7 nitrogen and oxygen atoms in total. The van der Waals surface area contributed by atoms with E-state index >= 15 is 0 Å². The Hall–Kier alpha value is -3.25. The lowest BCUT2D eigenvalue weighted by molar-refractivity contribution is 0.261. The smallest absolute Gasteiger partial charge is 0.240 e. The van der Waals surface area contributed by atoms with Crippen molar-refractivity contribution in [2.45, 2.75) is 23.8 Å². The maximum atomic E-state index is 12.6. The normalized spacial score (nSPS) is 16.4. The first-order valence-electron chi connectivity index (χ1n) is 10.9. The Labute approximate surface area is 194 Å². The molecule has 0 spiro atoms. The SMILES string of the molecule is N#Cc1ccc(S(=O)(=O)N[C@@H]2CCN(CCCOc3ccc(-c4ccccn4)cc3)C2)cc1. The summed E-state index contributed by atoms with van der Waals surface area (Å²) in [5.74, 6) is 0.823. The number of aromatic nitrogens is 1. The van der Waals surface area contributed by atoms with E-state index in [0.29, 0.717) is 18.7 Å². The van der Waals surface area contributed by atoms with E-state index < -0.39 is 10.0 Å². The van der Waals surface area contributed by atoms with Gasteiger partial charge in [-0.3, -0.25) is 4.98 Å². The first kappa shape index (κ1) is 22.9. The van der Waals surface area contributed by atoms with Crippen molar-refractivity contribution >= 4 is 10.0 Å². The molecular weight excluding hydrogens is 436 g/mol. The minimum absolute atomic E-state index is 0.120. The van der Waals surface area contributed by atoms with Crippen LogP contribution in [0, 0.1) is 11.3 Å². The maximum Gasteiger partial charge on any atom is 0.240 e. The van der Waals surface area contributed by atoms with Gasteiger partial charge in [-0.2, -0.15) is 5.26 Å². The van der Waals surface area contributed by atoms with Gasteiger partial charge in [0.1, 0.15) is 5.75 Å². The van der Waals surface area contributed by atoms with Gasteiger partial charge >= 0.3 is 0 Å². The summed E-state index contributed by atoms with van der Waals surface area (Å²) in [6.07, 6.45) is 3.41. The predicted molar refractivity (Wildman–Crippen MR) is 126 cm³/mol. The van der Waals surface area contributed by atoms with Crippen molar-refractivity contribution in [3.05, 3.63) is 78.5 Å². The molecule has 0 saturated carbocycles. The Balaban J connectivity index is 1.19. The number of rotatable bonds is 9. The molecular formula is C25H26N4O3S. The number of sulfonamides is 1. The number of nitrogens with zero attached hydrogens (tertiary/aromatic N) is 3. The van der Waals surface area contributed by atoms with Crippen molar-refractivity contribution in [1.29, 1.82) is 5.26 Å². The number of hydrogen-bond donors (Lipinski definition) is 1. The van der Waals surface area contributed by atoms with Crippen LogP contribution >= 0.6 is 0 Å². The van der Waals surface area contributed by atoms with E-state index in [1.54, 1.807) is 6.20 Å². The summed E-state index contributed by atoms with van der Waals surface area (Å²) in [5.41, 5.74) is 2.42. The van der Waals surface area contributed by atoms with E-state index in [-0.39, 0.29) is 10.9 Å². The molecule has 0 amide bonds. The molecule has 2 heterocycles. The van der Waals surface area contributed by atoms with Gasteiger partial charge in [0, 0.05) is 30.9 Å². The topological polar surface area (TPSA) is 95.3 Å². The molecule has 3 aromatic rings. The van der Waals surface area contributed by atoms with Gasteiger partial charge in [-0.05, 0) is 80.1 Å². The summed E-state index contributed by atoms with van der Waals surface area (Å²) in [6, 6.07) is 21.6. The summed E-state index contributed by atoms with van der Waals surface area (Å²) in [4.78, 5) is 6.78. The number of benzene rings is 2. The second-order valence-corrected chi connectivity index (χ2v) is 9.70. The van der Waals surface area contributed by atoms with E-state index in [4.69, 9.17) is 10.00 Å². The lowest BCUT2D eigenvalue weighted by atomic mass is 10.1. The molecule has 2 aromatic carbocycles. The Bertz CT molecular complexity index is 1190. The van der Waals surface area contributed by atoms with Gasteiger partial charge in [0.2, 0.25) is 10.0 Å². The van der Waals surface area contributed by atoms with E-state index in [2.05, 4.69) is 14.6 Å². The van der Waals surface area contributed by atoms with Gasteiger partial charge in [-0.15, -0.1) is 0 Å². The Morgan fingerprint density at radius 3 is 2.58 bits per heavy atom. The van der Waals surface area contributed by atoms with Crippen LogP contribution in [0.15, 0.2) is 77.8 Å². The minimum Gasteiger partial charge on any atom is -0.494 e. The predicted octanol–water partition coefficient (Wildman–Crippen LogP) is 3.44. The molecule has 170 valence electrons. The molecule has 1 saturated heterocycles. The number of hydrogen-bond acceptors (Lipinski definition) is 6. The maximum absolute atomic E-state index is 12.6. The first-order valence-corrected chi connectivity index (χ1v) is 12.4. The minimum atomic E-state index is -3.59. The molecule has 1 N–H and O–H groups in total. The summed E-state index contributed by atoms with van der Waals surface area (Å²) >= 11 is 0. The van der Waals surface area contributed by atoms with E-state index in [0.717, 1.165) is 42.9 Å². The quantitative estimate of drug-likeness (QED) is 0.490. The molecule has 4 rings (SSSR count). The summed E-state index contributed by atoms with van der Waals surface area (Å²) in [5, 5.41) is 8.87. The zero-order chi connectivity index (χ0) is 23.1. The van der Waals surface area contributed by atoms with E-state index in [1.807, 2.05) is 48.5 Å². The highest BCUT2D eigenvalue weighted by molar-refractivity contribution is 7.89. The highest BCUT2D eigenvalue weighted by atomic mass is 32.2. The molecule has 1 aliphatic heterocycles. The lowest BCUT2D eigenvalue weighted by Crippen LogP contribution is -2.37. The molecule has 33 heavy (non-hydrogen) atoms. The van der Waals surface area contributed by atoms with Crippen molar-refractivity contribution in [3.63, 3.8) is 0 Å². The third kappa shape index (κ3) is 6.17. The van der Waals surface area contributed by atoms with E-state index in [9.17, 15) is 8.42 Å². The van der Waals surface area contributed by atoms with Crippen LogP contribution in [-0.4, -0.2) is 50.6 Å². The van der Waals surface area contributed by atoms with Crippen LogP contribution in [0.2, 0.25) is 0 Å². The second-order valence-electron chi connectivity index (χ2n) is 7.99. The van der Waals surface area contributed by atoms with Gasteiger partial charge in [-0.25, -0.2) is 13.1 Å². The highest BCUT2D eigenvalue weighted by Crippen LogP contribution is 2.20. The molecule has 0 unspecified atom stereocenters. The fraction of sp³-hybridized carbons (Fsp3) is 0.280. The van der Waals surface area contributed by atoms with Crippen LogP contribution in [0.3, 0.4) is 0 Å². The number of likely N-dealkylation sites (tertiary alicyclic amines) is 1. The van der Waals surface area contributed by atoms with Crippen LogP contribution < -0.4 is 9.46 Å². The number of pyridine rings is 1. The molecule has 1 aliphatic rings. The first-order chi connectivity index (χ1) is 16.0. The number of nitriles is 1. The second kappa shape index (κ2) is 10.6. The molecule has 0 bridgehead atoms. The standard InChI is InChI=1S/C25H26N4O3S/c26-18-20-5-11-24(12-6-20)33(30,31)28-22-13-16-29(19-22)15-3-17-32-23-9-7-21(8-10-23)25-4-1-2-14-27-25/h1-2,4-12,14,22,28H,3,13,15-17,19H2/t22-/m1/s1. The van der Waals surface area contributed by atoms with Crippen LogP contribution in [-0.2, 0) is 10.0 Å². The summed E-state index contributed by atoms with van der Waals surface area (Å²) < 4.78 is 33.8. The Kier molecular flexibility index (Phi) is 7.35. The molecule has 1 aromatic heterocycles. The van der Waals surface area contributed by atoms with E-state index in [1.165, 1.54) is 24.3 Å². The van der Waals surface area contributed by atoms with Crippen LogP contribution in [0.5, 0.6) is 5.75 Å². The fourth-order valence-corrected chi connectivity index (χ4v) is 5.12. The number of ether oxygens (including phenoxy) is 1. The average Bonchev–Trinajstić information content (AvgIpc) is 3.29. The largest absolute Gasteiger partial charge is 0.494 e. The monoisotopic (exact) mass is 462 g/mol. The van der Waals surface area contributed by atoms with Gasteiger partial charge in [0.05, 0.1) is 28.8 Å². The van der Waals surface area contributed by atoms with Crippen molar-refractivity contribution in [1.82, 2.24) is 14.6 Å². The third-order valence-electron chi connectivity index (χ3n) is 5.59. The molecule has 1 fully saturated rings. The highest BCUT2D eigenvalue weighted by Gasteiger charge is 2.27. The average molecular weight is 463 g/mol. The van der Waals surface area contributed by atoms with Gasteiger partial charge in [0.25, 0.3) is 0 Å². The van der Waals surface area contributed by atoms with Crippen molar-refractivity contribution < 1.29 is 13.2 Å². The van der Waals surface area contributed by atoms with Crippen LogP contribution in [0.1, 0.15) is 18.4 Å². The van der Waals surface area contributed by atoms with Crippen molar-refractivity contribution in [3.8, 4) is 23.1 Å². The lowest BCUT2D eigenvalue weighted by Gasteiger charge is -2.17. The zero-order valence-corrected chi connectivity index (χ0v) is 19.0. The Morgan fingerprint density at radius 2 is 1.88 bits per heavy atom. The Morgan fingerprint density at radius 1 is 1.09 bits per heavy atom. The van der Waals surface area contributed by atoms with Crippen molar-refractivity contribution in [2.75, 3.05) is 26.2 Å². The van der Waals surface area contributed by atoms with Crippen molar-refractivity contribution in [2.24, 2.45) is 0 Å². The summed E-state index contributed by atoms with van der Waals surface area (Å²) in [7, 11) is -3.59. The zero-order valence-electron chi connectivity index (χ0n) is 18.2. The molecule has 0 aliphatic carbocycles. The number of nitrogens with one attached hydrogen (secondary N) is 1.